The number of nitrogens with zero attached hydrogens (tertiary/aromatic N) is 2. The van der Waals surface area contributed by atoms with Crippen LogP contribution in [0.25, 0.3) is 0 Å². The van der Waals surface area contributed by atoms with E-state index in [1.165, 1.54) is 11.8 Å². The molecule has 0 aliphatic rings. The Hall–Kier alpha value is -1.86. The summed E-state index contributed by atoms with van der Waals surface area (Å²) in [4.78, 5) is 11.9. The van der Waals surface area contributed by atoms with Crippen LogP contribution in [0.1, 0.15) is 18.4 Å². The van der Waals surface area contributed by atoms with Gasteiger partial charge in [0.25, 0.3) is 5.22 Å². The van der Waals surface area contributed by atoms with Crippen LogP contribution in [-0.2, 0) is 17.6 Å². The Morgan fingerprint density at radius 2 is 2.19 bits per heavy atom. The van der Waals surface area contributed by atoms with E-state index in [-0.39, 0.29) is 11.7 Å². The minimum Gasteiger partial charge on any atom is -0.416 e. The molecule has 0 saturated carbocycles. The molecule has 0 radical (unpaired) electrons. The van der Waals surface area contributed by atoms with Crippen molar-refractivity contribution >= 4 is 23.4 Å². The number of nitrogens with one attached hydrogen (secondary N) is 1. The highest BCUT2D eigenvalue weighted by molar-refractivity contribution is 7.99. The summed E-state index contributed by atoms with van der Waals surface area (Å²) < 4.78 is 5.35. The number of anilines is 1. The maximum absolute atomic E-state index is 11.9. The second-order valence-corrected chi connectivity index (χ2v) is 5.27. The first-order valence-electron chi connectivity index (χ1n) is 6.76. The highest BCUT2D eigenvalue weighted by Gasteiger charge is 2.10. The molecule has 0 unspecified atom stereocenters. The van der Waals surface area contributed by atoms with Crippen molar-refractivity contribution in [2.24, 2.45) is 5.73 Å². The van der Waals surface area contributed by atoms with E-state index in [4.69, 9.17) is 10.2 Å². The number of nitrogens with two attached hydrogens (primary N) is 1. The molecule has 0 fully saturated rings. The summed E-state index contributed by atoms with van der Waals surface area (Å²) in [6.45, 7) is 2.51. The monoisotopic (exact) mass is 306 g/mol. The zero-order chi connectivity index (χ0) is 15.1. The molecule has 21 heavy (non-hydrogen) atoms. The van der Waals surface area contributed by atoms with Crippen LogP contribution >= 0.6 is 11.8 Å². The molecule has 6 nitrogen and oxygen atoms in total. The van der Waals surface area contributed by atoms with Crippen molar-refractivity contribution in [2.75, 3.05) is 17.6 Å². The Labute approximate surface area is 127 Å². The van der Waals surface area contributed by atoms with Gasteiger partial charge in [0.2, 0.25) is 11.8 Å². The highest BCUT2D eigenvalue weighted by atomic mass is 32.2. The van der Waals surface area contributed by atoms with Gasteiger partial charge in [-0.15, -0.1) is 10.2 Å². The van der Waals surface area contributed by atoms with Crippen LogP contribution in [0.2, 0.25) is 0 Å². The number of aromatic nitrogens is 2. The van der Waals surface area contributed by atoms with Crippen LogP contribution in [0.4, 0.5) is 5.69 Å². The number of amides is 1. The van der Waals surface area contributed by atoms with Crippen LogP contribution in [0.5, 0.6) is 0 Å². The summed E-state index contributed by atoms with van der Waals surface area (Å²) in [5, 5.41) is 11.0. The molecule has 1 amide bonds. The van der Waals surface area contributed by atoms with Crippen molar-refractivity contribution in [3.63, 3.8) is 0 Å². The van der Waals surface area contributed by atoms with Gasteiger partial charge in [-0.25, -0.2) is 0 Å². The second-order valence-electron chi connectivity index (χ2n) is 4.35. The van der Waals surface area contributed by atoms with Gasteiger partial charge < -0.3 is 15.5 Å². The van der Waals surface area contributed by atoms with Crippen molar-refractivity contribution < 1.29 is 9.21 Å². The average Bonchev–Trinajstić information content (AvgIpc) is 2.94. The largest absolute Gasteiger partial charge is 0.416 e. The van der Waals surface area contributed by atoms with Crippen LogP contribution in [-0.4, -0.2) is 28.4 Å². The molecule has 1 aromatic heterocycles. The fraction of sp³-hybridized carbons (Fsp3) is 0.357. The number of aryl methyl sites for hydroxylation is 1. The Bertz CT molecular complexity index is 600. The van der Waals surface area contributed by atoms with E-state index in [2.05, 4.69) is 22.4 Å². The van der Waals surface area contributed by atoms with E-state index < -0.39 is 0 Å². The lowest BCUT2D eigenvalue weighted by atomic mass is 10.1. The third-order valence-corrected chi connectivity index (χ3v) is 3.62. The first kappa shape index (κ1) is 15.5. The fourth-order valence-electron chi connectivity index (χ4n) is 1.79. The van der Waals surface area contributed by atoms with Crippen LogP contribution in [0.3, 0.4) is 0 Å². The van der Waals surface area contributed by atoms with Gasteiger partial charge in [0.15, 0.2) is 0 Å². The van der Waals surface area contributed by atoms with E-state index in [1.54, 1.807) is 0 Å². The quantitative estimate of drug-likeness (QED) is 0.758. The number of carbonyl (C=O) groups excluding carboxylic acids is 1. The molecule has 2 rings (SSSR count). The third-order valence-electron chi connectivity index (χ3n) is 2.81. The lowest BCUT2D eigenvalue weighted by molar-refractivity contribution is -0.113. The Morgan fingerprint density at radius 1 is 1.38 bits per heavy atom. The minimum atomic E-state index is -0.0977. The van der Waals surface area contributed by atoms with Crippen molar-refractivity contribution in [1.82, 2.24) is 10.2 Å². The summed E-state index contributed by atoms with van der Waals surface area (Å²) in [5.41, 5.74) is 7.36. The van der Waals surface area contributed by atoms with Crippen LogP contribution in [0.15, 0.2) is 33.9 Å². The van der Waals surface area contributed by atoms with E-state index in [0.717, 1.165) is 17.7 Å². The average molecular weight is 306 g/mol. The lowest BCUT2D eigenvalue weighted by Crippen LogP contribution is -2.15. The van der Waals surface area contributed by atoms with Crippen LogP contribution < -0.4 is 11.1 Å². The van der Waals surface area contributed by atoms with Gasteiger partial charge >= 0.3 is 0 Å². The smallest absolute Gasteiger partial charge is 0.277 e. The molecule has 7 heteroatoms. The first-order chi connectivity index (χ1) is 10.2. The third kappa shape index (κ3) is 4.57. The summed E-state index contributed by atoms with van der Waals surface area (Å²) in [6.07, 6.45) is 1.42. The van der Waals surface area contributed by atoms with E-state index in [9.17, 15) is 4.79 Å². The summed E-state index contributed by atoms with van der Waals surface area (Å²) in [7, 11) is 0. The number of hydrogen-bond acceptors (Lipinski definition) is 6. The lowest BCUT2D eigenvalue weighted by Gasteiger charge is -2.08. The number of hydrogen-bond donors (Lipinski definition) is 2. The minimum absolute atomic E-state index is 0.0977. The van der Waals surface area contributed by atoms with E-state index >= 15 is 0 Å². The zero-order valence-corrected chi connectivity index (χ0v) is 12.7. The fourth-order valence-corrected chi connectivity index (χ4v) is 2.37. The standard InChI is InChI=1S/C14H18N4O2S/c1-2-10-5-3-4-6-11(10)16-12(19)9-21-14-18-17-13(20-14)7-8-15/h3-6H,2,7-9,15H2,1H3,(H,16,19). The SMILES string of the molecule is CCc1ccccc1NC(=O)CSc1nnc(CCN)o1. The molecule has 0 aliphatic heterocycles. The van der Waals surface area contributed by atoms with Crippen molar-refractivity contribution in [3.05, 3.63) is 35.7 Å². The molecule has 112 valence electrons. The molecule has 3 N–H and O–H groups in total. The molecular formula is C14H18N4O2S. The predicted octanol–water partition coefficient (Wildman–Crippen LogP) is 1.86. The second kappa shape index (κ2) is 7.80. The van der Waals surface area contributed by atoms with Gasteiger partial charge in [-0.1, -0.05) is 36.9 Å². The van der Waals surface area contributed by atoms with Crippen molar-refractivity contribution in [3.8, 4) is 0 Å². The van der Waals surface area contributed by atoms with Gasteiger partial charge in [0.1, 0.15) is 0 Å². The molecule has 0 aliphatic carbocycles. The number of thioether (sulfide) groups is 1. The topological polar surface area (TPSA) is 94.0 Å². The maximum atomic E-state index is 11.9. The molecular weight excluding hydrogens is 288 g/mol. The van der Waals surface area contributed by atoms with E-state index in [1.807, 2.05) is 24.3 Å². The summed E-state index contributed by atoms with van der Waals surface area (Å²) in [6, 6.07) is 7.76. The number of carbonyl (C=O) groups is 1. The highest BCUT2D eigenvalue weighted by Crippen LogP contribution is 2.19. The maximum Gasteiger partial charge on any atom is 0.277 e. The molecule has 0 spiro atoms. The van der Waals surface area contributed by atoms with Gasteiger partial charge in [0.05, 0.1) is 5.75 Å². The molecule has 0 saturated heterocycles. The van der Waals surface area contributed by atoms with Gasteiger partial charge in [0, 0.05) is 18.7 Å². The molecule has 1 aromatic carbocycles. The van der Waals surface area contributed by atoms with Crippen molar-refractivity contribution in [2.45, 2.75) is 25.0 Å². The Morgan fingerprint density at radius 3 is 2.95 bits per heavy atom. The molecule has 1 heterocycles. The predicted molar refractivity (Wildman–Crippen MR) is 82.2 cm³/mol. The normalized spacial score (nSPS) is 10.6. The van der Waals surface area contributed by atoms with Gasteiger partial charge in [-0.3, -0.25) is 4.79 Å². The van der Waals surface area contributed by atoms with Gasteiger partial charge in [-0.2, -0.15) is 0 Å². The molecule has 0 bridgehead atoms. The molecule has 0 atom stereocenters. The summed E-state index contributed by atoms with van der Waals surface area (Å²) in [5.74, 6) is 0.624. The summed E-state index contributed by atoms with van der Waals surface area (Å²) >= 11 is 1.21. The van der Waals surface area contributed by atoms with Gasteiger partial charge in [-0.05, 0) is 18.1 Å². The molecule has 2 aromatic rings. The Balaban J connectivity index is 1.86. The van der Waals surface area contributed by atoms with Crippen LogP contribution in [0, 0.1) is 0 Å². The van der Waals surface area contributed by atoms with Crippen molar-refractivity contribution in [1.29, 1.82) is 0 Å². The Kier molecular flexibility index (Phi) is 5.77. The number of rotatable bonds is 7. The zero-order valence-electron chi connectivity index (χ0n) is 11.8. The van der Waals surface area contributed by atoms with E-state index in [0.29, 0.717) is 24.1 Å². The number of benzene rings is 1. The first-order valence-corrected chi connectivity index (χ1v) is 7.74. The number of para-hydroxylation sites is 1.